The molecule has 13 nitrogen and oxygen atoms in total. The third-order valence-electron chi connectivity index (χ3n) is 10.2. The first-order valence-corrected chi connectivity index (χ1v) is 22.9. The van der Waals surface area contributed by atoms with Gasteiger partial charge in [-0.05, 0) is 104 Å². The lowest BCUT2D eigenvalue weighted by Gasteiger charge is -2.33. The molecule has 3 heterocycles. The van der Waals surface area contributed by atoms with E-state index in [-0.39, 0.29) is 5.75 Å². The number of nitriles is 1. The summed E-state index contributed by atoms with van der Waals surface area (Å²) in [6.45, 7) is 8.16. The van der Waals surface area contributed by atoms with Gasteiger partial charge in [0, 0.05) is 33.2 Å². The first kappa shape index (κ1) is 42.2. The predicted molar refractivity (Wildman–Crippen MR) is 231 cm³/mol. The molecular weight excluding hydrogens is 818 g/mol. The number of hydrogen-bond donors (Lipinski definition) is 2. The van der Waals surface area contributed by atoms with E-state index < -0.39 is 31.1 Å². The van der Waals surface area contributed by atoms with Crippen molar-refractivity contribution in [1.29, 1.82) is 5.26 Å². The Balaban J connectivity index is 0.000000198. The van der Waals surface area contributed by atoms with Crippen LogP contribution in [0.4, 0.5) is 11.4 Å². The van der Waals surface area contributed by atoms with Gasteiger partial charge in [-0.15, -0.1) is 10.2 Å². The summed E-state index contributed by atoms with van der Waals surface area (Å²) in [7, 11) is -6.82. The molecule has 0 aliphatic heterocycles. The van der Waals surface area contributed by atoms with Crippen LogP contribution in [0.5, 0.6) is 0 Å². The number of rotatable bonds is 13. The average molecular weight is 861 g/mol. The van der Waals surface area contributed by atoms with Crippen LogP contribution in [0.1, 0.15) is 57.5 Å². The molecule has 2 atom stereocenters. The monoisotopic (exact) mass is 859 g/mol. The minimum absolute atomic E-state index is 0.00797. The zero-order valence-corrected chi connectivity index (χ0v) is 35.7. The van der Waals surface area contributed by atoms with Crippen molar-refractivity contribution in [3.8, 4) is 6.07 Å². The van der Waals surface area contributed by atoms with Crippen LogP contribution in [0.25, 0.3) is 21.8 Å². The van der Waals surface area contributed by atoms with Crippen molar-refractivity contribution >= 4 is 76.4 Å². The minimum Gasteiger partial charge on any atom is -0.330 e. The fourth-order valence-electron chi connectivity index (χ4n) is 7.23. The standard InChI is InChI=1S/C21H23ClN6O2S.C20H20ClN3O2S/c1-4-21(15-9-11-16(22)12-10-15,20-23-26-28(5-2)24-20)27-14-13-17-18(25-31(3,29)30)7-6-8-19(17)27;1-3-20(14-22,15-8-10-16(21)11-9-15)24-13-12-17-18(6-5-7-19(17)24)23-27(25,26)4-2/h6-14,25H,4-5H2,1-3H3;5-13,23H,3-4H2,1-2H3. The number of halogens is 2. The number of nitrogens with one attached hydrogen (secondary N) is 2. The summed E-state index contributed by atoms with van der Waals surface area (Å²) in [6, 6.07) is 31.9. The van der Waals surface area contributed by atoms with Gasteiger partial charge in [0.25, 0.3) is 0 Å². The number of tetrazole rings is 1. The normalized spacial score (nSPS) is 13.9. The highest BCUT2D eigenvalue weighted by Gasteiger charge is 2.40. The van der Waals surface area contributed by atoms with Crippen LogP contribution in [0, 0.1) is 11.3 Å². The molecule has 0 radical (unpaired) electrons. The van der Waals surface area contributed by atoms with E-state index in [0.717, 1.165) is 39.2 Å². The van der Waals surface area contributed by atoms with Crippen molar-refractivity contribution < 1.29 is 16.8 Å². The third-order valence-corrected chi connectivity index (χ3v) is 12.6. The Labute approximate surface area is 348 Å². The van der Waals surface area contributed by atoms with Crippen LogP contribution >= 0.6 is 23.2 Å². The minimum atomic E-state index is -3.42. The van der Waals surface area contributed by atoms with Gasteiger partial charge in [0.15, 0.2) is 5.54 Å². The molecule has 7 aromatic rings. The summed E-state index contributed by atoms with van der Waals surface area (Å²) in [6.07, 6.45) is 6.08. The highest BCUT2D eigenvalue weighted by molar-refractivity contribution is 7.92. The van der Waals surface area contributed by atoms with E-state index in [2.05, 4.69) is 42.4 Å². The van der Waals surface area contributed by atoms with Crippen molar-refractivity contribution in [2.75, 3.05) is 21.5 Å². The number of fused-ring (bicyclic) bond motifs is 2. The second kappa shape index (κ2) is 16.8. The van der Waals surface area contributed by atoms with E-state index >= 15 is 0 Å². The van der Waals surface area contributed by atoms with E-state index in [1.165, 1.54) is 0 Å². The number of benzene rings is 4. The van der Waals surface area contributed by atoms with E-state index in [1.807, 2.05) is 97.5 Å². The van der Waals surface area contributed by atoms with Crippen molar-refractivity contribution in [2.45, 2.75) is 58.2 Å². The largest absolute Gasteiger partial charge is 0.330 e. The van der Waals surface area contributed by atoms with Crippen molar-refractivity contribution in [3.05, 3.63) is 136 Å². The van der Waals surface area contributed by atoms with Crippen LogP contribution in [0.2, 0.25) is 10.0 Å². The van der Waals surface area contributed by atoms with Crippen molar-refractivity contribution in [3.63, 3.8) is 0 Å². The Hall–Kier alpha value is -5.40. The summed E-state index contributed by atoms with van der Waals surface area (Å²) in [5.74, 6) is 0.546. The van der Waals surface area contributed by atoms with Crippen LogP contribution in [0.15, 0.2) is 109 Å². The molecule has 3 aromatic heterocycles. The SMILES string of the molecule is CCC(C#N)(c1ccc(Cl)cc1)n1ccc2c(NS(=O)(=O)CC)cccc21.CCn1nnc(C(CC)(c2ccc(Cl)cc2)n2ccc3c(NS(C)(=O)=O)cccc32)n1. The maximum Gasteiger partial charge on any atom is 0.232 e. The summed E-state index contributed by atoms with van der Waals surface area (Å²) in [5.41, 5.74) is 2.75. The molecule has 17 heteroatoms. The fraction of sp³-hybridized carbons (Fsp3) is 0.268. The van der Waals surface area contributed by atoms with E-state index in [4.69, 9.17) is 23.2 Å². The molecule has 0 saturated carbocycles. The van der Waals surface area contributed by atoms with Gasteiger partial charge < -0.3 is 9.13 Å². The van der Waals surface area contributed by atoms with Gasteiger partial charge >= 0.3 is 0 Å². The van der Waals surface area contributed by atoms with Crippen molar-refractivity contribution in [2.24, 2.45) is 0 Å². The molecule has 0 saturated heterocycles. The molecule has 0 amide bonds. The lowest BCUT2D eigenvalue weighted by molar-refractivity contribution is 0.400. The Kier molecular flexibility index (Phi) is 12.2. The Morgan fingerprint density at radius 1 is 0.707 bits per heavy atom. The van der Waals surface area contributed by atoms with Crippen LogP contribution in [0.3, 0.4) is 0 Å². The first-order chi connectivity index (χ1) is 27.6. The topological polar surface area (TPSA) is 170 Å². The molecule has 2 unspecified atom stereocenters. The smallest absolute Gasteiger partial charge is 0.232 e. The third kappa shape index (κ3) is 8.15. The van der Waals surface area contributed by atoms with Gasteiger partial charge in [0.2, 0.25) is 25.9 Å². The molecular formula is C41H43Cl2N9O4S2. The number of hydrogen-bond acceptors (Lipinski definition) is 8. The second-order valence-corrected chi connectivity index (χ2v) is 18.2. The number of aryl methyl sites for hydroxylation is 1. The van der Waals surface area contributed by atoms with Gasteiger partial charge in [0.1, 0.15) is 5.54 Å². The maximum atomic E-state index is 12.0. The molecule has 0 aliphatic rings. The molecule has 0 fully saturated rings. The number of sulfonamides is 2. The fourth-order valence-corrected chi connectivity index (χ4v) is 8.72. The molecule has 4 aromatic carbocycles. The maximum absolute atomic E-state index is 12.0. The van der Waals surface area contributed by atoms with Gasteiger partial charge in [-0.1, -0.05) is 73.4 Å². The number of anilines is 2. The Morgan fingerprint density at radius 3 is 1.72 bits per heavy atom. The van der Waals surface area contributed by atoms with Crippen LogP contribution in [-0.2, 0) is 37.7 Å². The molecule has 7 rings (SSSR count). The van der Waals surface area contributed by atoms with E-state index in [1.54, 1.807) is 42.1 Å². The number of aromatic nitrogens is 6. The molecule has 0 spiro atoms. The second-order valence-electron chi connectivity index (χ2n) is 13.6. The Morgan fingerprint density at radius 2 is 1.24 bits per heavy atom. The quantitative estimate of drug-likeness (QED) is 0.116. The van der Waals surface area contributed by atoms with Gasteiger partial charge in [-0.3, -0.25) is 9.44 Å². The summed E-state index contributed by atoms with van der Waals surface area (Å²) in [4.78, 5) is 1.55. The summed E-state index contributed by atoms with van der Waals surface area (Å²) in [5, 5.41) is 26.1. The molecule has 0 bridgehead atoms. The van der Waals surface area contributed by atoms with Gasteiger partial charge in [-0.25, -0.2) is 16.8 Å². The highest BCUT2D eigenvalue weighted by Crippen LogP contribution is 2.40. The zero-order valence-electron chi connectivity index (χ0n) is 32.6. The molecule has 0 aliphatic carbocycles. The summed E-state index contributed by atoms with van der Waals surface area (Å²) >= 11 is 12.2. The lowest BCUT2D eigenvalue weighted by atomic mass is 9.85. The Bertz CT molecular complexity index is 2830. The average Bonchev–Trinajstić information content (AvgIpc) is 3.98. The lowest BCUT2D eigenvalue weighted by Crippen LogP contribution is -2.36. The molecule has 302 valence electrons. The number of nitrogens with zero attached hydrogens (tertiary/aromatic N) is 7. The first-order valence-electron chi connectivity index (χ1n) is 18.6. The predicted octanol–water partition coefficient (Wildman–Crippen LogP) is 8.61. The van der Waals surface area contributed by atoms with Crippen molar-refractivity contribution in [1.82, 2.24) is 29.3 Å². The zero-order chi connectivity index (χ0) is 41.9. The van der Waals surface area contributed by atoms with Gasteiger partial charge in [0.05, 0.1) is 47.0 Å². The molecule has 2 N–H and O–H groups in total. The van der Waals surface area contributed by atoms with Crippen LogP contribution < -0.4 is 9.44 Å². The van der Waals surface area contributed by atoms with E-state index in [9.17, 15) is 22.1 Å². The van der Waals surface area contributed by atoms with Gasteiger partial charge in [-0.2, -0.15) is 10.1 Å². The van der Waals surface area contributed by atoms with Crippen LogP contribution in [-0.4, -0.2) is 58.2 Å². The van der Waals surface area contributed by atoms with E-state index in [0.29, 0.717) is 46.6 Å². The summed E-state index contributed by atoms with van der Waals surface area (Å²) < 4.78 is 56.9. The highest BCUT2D eigenvalue weighted by atomic mass is 35.5. The molecule has 58 heavy (non-hydrogen) atoms.